The molecule has 2 N–H and O–H groups in total. The molecule has 5 rings (SSSR count). The van der Waals surface area contributed by atoms with E-state index in [9.17, 15) is 19.1 Å². The fourth-order valence-corrected chi connectivity index (χ4v) is 4.50. The highest BCUT2D eigenvalue weighted by atomic mass is 19.1. The predicted molar refractivity (Wildman–Crippen MR) is 130 cm³/mol. The number of anilines is 1. The van der Waals surface area contributed by atoms with Gasteiger partial charge < -0.3 is 10.1 Å². The highest BCUT2D eigenvalue weighted by Gasteiger charge is 2.47. The fourth-order valence-electron chi connectivity index (χ4n) is 4.50. The van der Waals surface area contributed by atoms with Crippen LogP contribution in [0.2, 0.25) is 0 Å². The molecule has 0 radical (unpaired) electrons. The number of halogens is 1. The van der Waals surface area contributed by atoms with E-state index in [2.05, 4.69) is 18.8 Å². The van der Waals surface area contributed by atoms with Gasteiger partial charge >= 0.3 is 0 Å². The Labute approximate surface area is 196 Å². The molecule has 0 saturated carbocycles. The highest BCUT2D eigenvalue weighted by molar-refractivity contribution is 6.51. The van der Waals surface area contributed by atoms with Gasteiger partial charge in [-0.05, 0) is 53.9 Å². The second kappa shape index (κ2) is 8.30. The van der Waals surface area contributed by atoms with E-state index in [1.807, 2.05) is 48.5 Å². The normalized spacial score (nSPS) is 17.8. The minimum atomic E-state index is -0.855. The maximum Gasteiger partial charge on any atom is 0.300 e. The number of aromatic nitrogens is 1. The fraction of sp³-hybridized carbons (Fsp3) is 0.143. The molecule has 1 amide bonds. The molecule has 1 atom stereocenters. The van der Waals surface area contributed by atoms with E-state index in [4.69, 9.17) is 0 Å². The number of amides is 1. The molecule has 1 aliphatic heterocycles. The van der Waals surface area contributed by atoms with Crippen LogP contribution < -0.4 is 4.90 Å². The quantitative estimate of drug-likeness (QED) is 0.224. The molecule has 1 aliphatic rings. The third-order valence-electron chi connectivity index (χ3n) is 6.32. The van der Waals surface area contributed by atoms with Crippen LogP contribution in [0.5, 0.6) is 0 Å². The first-order valence-electron chi connectivity index (χ1n) is 11.1. The van der Waals surface area contributed by atoms with Gasteiger partial charge in [-0.2, -0.15) is 0 Å². The number of aromatic amines is 1. The zero-order valence-electron chi connectivity index (χ0n) is 18.7. The van der Waals surface area contributed by atoms with Crippen molar-refractivity contribution < 1.29 is 19.1 Å². The third kappa shape index (κ3) is 3.48. The molecule has 2 heterocycles. The Kier molecular flexibility index (Phi) is 5.28. The molecule has 1 aromatic heterocycles. The first-order chi connectivity index (χ1) is 16.4. The Balaban J connectivity index is 1.74. The summed E-state index contributed by atoms with van der Waals surface area (Å²) in [7, 11) is 0. The van der Waals surface area contributed by atoms with E-state index in [1.165, 1.54) is 29.2 Å². The molecule has 6 heteroatoms. The van der Waals surface area contributed by atoms with E-state index in [0.717, 1.165) is 16.5 Å². The van der Waals surface area contributed by atoms with Crippen molar-refractivity contribution in [2.45, 2.75) is 25.8 Å². The molecule has 0 spiro atoms. The number of carbonyl (C=O) groups is 2. The van der Waals surface area contributed by atoms with Crippen molar-refractivity contribution in [3.05, 3.63) is 107 Å². The van der Waals surface area contributed by atoms with Crippen LogP contribution in [0.3, 0.4) is 0 Å². The number of nitrogens with zero attached hydrogens (tertiary/aromatic N) is 1. The van der Waals surface area contributed by atoms with Gasteiger partial charge in [0.25, 0.3) is 11.7 Å². The Morgan fingerprint density at radius 1 is 0.971 bits per heavy atom. The Hall–Kier alpha value is -4.19. The number of hydrogen-bond acceptors (Lipinski definition) is 3. The average Bonchev–Trinajstić information content (AvgIpc) is 3.38. The van der Waals surface area contributed by atoms with Gasteiger partial charge in [-0.15, -0.1) is 0 Å². The van der Waals surface area contributed by atoms with Gasteiger partial charge in [-0.25, -0.2) is 4.39 Å². The summed E-state index contributed by atoms with van der Waals surface area (Å²) in [5.41, 5.74) is 3.43. The predicted octanol–water partition coefficient (Wildman–Crippen LogP) is 6.06. The molecule has 1 fully saturated rings. The van der Waals surface area contributed by atoms with Crippen molar-refractivity contribution in [3.8, 4) is 0 Å². The monoisotopic (exact) mass is 454 g/mol. The van der Waals surface area contributed by atoms with Gasteiger partial charge in [-0.1, -0.05) is 44.2 Å². The lowest BCUT2D eigenvalue weighted by Crippen LogP contribution is -2.29. The van der Waals surface area contributed by atoms with Gasteiger partial charge in [0.05, 0.1) is 11.6 Å². The summed E-state index contributed by atoms with van der Waals surface area (Å²) >= 11 is 0. The number of carbonyl (C=O) groups excluding carboxylic acids is 2. The molecule has 170 valence electrons. The van der Waals surface area contributed by atoms with Crippen molar-refractivity contribution in [1.82, 2.24) is 4.98 Å². The van der Waals surface area contributed by atoms with Crippen LogP contribution in [-0.2, 0) is 9.59 Å². The van der Waals surface area contributed by atoms with Crippen LogP contribution in [0.25, 0.3) is 16.7 Å². The van der Waals surface area contributed by atoms with Crippen LogP contribution >= 0.6 is 0 Å². The molecular formula is C28H23FN2O3. The van der Waals surface area contributed by atoms with E-state index >= 15 is 0 Å². The summed E-state index contributed by atoms with van der Waals surface area (Å²) in [6, 6.07) is 19.4. The van der Waals surface area contributed by atoms with Gasteiger partial charge in [0.2, 0.25) is 0 Å². The van der Waals surface area contributed by atoms with Crippen LogP contribution in [-0.4, -0.2) is 21.8 Å². The van der Waals surface area contributed by atoms with Crippen molar-refractivity contribution in [3.63, 3.8) is 0 Å². The maximum atomic E-state index is 13.5. The first-order valence-corrected chi connectivity index (χ1v) is 11.1. The van der Waals surface area contributed by atoms with Crippen molar-refractivity contribution in [1.29, 1.82) is 0 Å². The SMILES string of the molecule is CC(C)c1ccc(N2C(=O)C(=O)/C(=C(/O)c3ccc(F)cc3)C2c2c[nH]c3ccccc23)cc1. The molecule has 34 heavy (non-hydrogen) atoms. The lowest BCUT2D eigenvalue weighted by Gasteiger charge is -2.25. The van der Waals surface area contributed by atoms with E-state index in [0.29, 0.717) is 17.2 Å². The van der Waals surface area contributed by atoms with E-state index < -0.39 is 23.5 Å². The molecule has 4 aromatic rings. The Bertz CT molecular complexity index is 1430. The topological polar surface area (TPSA) is 73.4 Å². The third-order valence-corrected chi connectivity index (χ3v) is 6.32. The number of Topliss-reactive ketones (excluding diaryl/α,β-unsaturated/α-hetero) is 1. The Morgan fingerprint density at radius 2 is 1.65 bits per heavy atom. The van der Waals surface area contributed by atoms with Crippen molar-refractivity contribution >= 4 is 34.0 Å². The second-order valence-electron chi connectivity index (χ2n) is 8.71. The number of hydrogen-bond donors (Lipinski definition) is 2. The highest BCUT2D eigenvalue weighted by Crippen LogP contribution is 2.44. The Morgan fingerprint density at radius 3 is 2.32 bits per heavy atom. The van der Waals surface area contributed by atoms with Gasteiger partial charge in [-0.3, -0.25) is 14.5 Å². The number of benzene rings is 3. The van der Waals surface area contributed by atoms with Gasteiger partial charge in [0.15, 0.2) is 0 Å². The number of fused-ring (bicyclic) bond motifs is 1. The molecule has 5 nitrogen and oxygen atoms in total. The van der Waals surface area contributed by atoms with E-state index in [-0.39, 0.29) is 16.9 Å². The molecule has 1 saturated heterocycles. The number of aliphatic hydroxyl groups excluding tert-OH is 1. The summed E-state index contributed by atoms with van der Waals surface area (Å²) in [4.78, 5) is 31.2. The number of nitrogens with one attached hydrogen (secondary N) is 1. The van der Waals surface area contributed by atoms with Crippen LogP contribution in [0.15, 0.2) is 84.6 Å². The largest absolute Gasteiger partial charge is 0.507 e. The smallest absolute Gasteiger partial charge is 0.300 e. The zero-order chi connectivity index (χ0) is 24.0. The molecule has 0 aliphatic carbocycles. The number of para-hydroxylation sites is 1. The molecular weight excluding hydrogens is 431 g/mol. The molecule has 3 aromatic carbocycles. The number of rotatable bonds is 4. The summed E-state index contributed by atoms with van der Waals surface area (Å²) < 4.78 is 13.5. The minimum absolute atomic E-state index is 0.0331. The maximum absolute atomic E-state index is 13.5. The van der Waals surface area contributed by atoms with Crippen LogP contribution in [0.4, 0.5) is 10.1 Å². The second-order valence-corrected chi connectivity index (χ2v) is 8.71. The number of aliphatic hydroxyl groups is 1. The molecule has 0 bridgehead atoms. The number of ketones is 1. The van der Waals surface area contributed by atoms with E-state index in [1.54, 1.807) is 6.20 Å². The average molecular weight is 455 g/mol. The van der Waals surface area contributed by atoms with Crippen LogP contribution in [0, 0.1) is 5.82 Å². The minimum Gasteiger partial charge on any atom is -0.507 e. The van der Waals surface area contributed by atoms with Crippen molar-refractivity contribution in [2.75, 3.05) is 4.90 Å². The van der Waals surface area contributed by atoms with Crippen LogP contribution in [0.1, 0.15) is 42.5 Å². The molecule has 1 unspecified atom stereocenters. The zero-order valence-corrected chi connectivity index (χ0v) is 18.7. The summed E-state index contributed by atoms with van der Waals surface area (Å²) in [5, 5.41) is 12.0. The lowest BCUT2D eigenvalue weighted by molar-refractivity contribution is -0.132. The lowest BCUT2D eigenvalue weighted by atomic mass is 9.94. The first kappa shape index (κ1) is 21.6. The van der Waals surface area contributed by atoms with Gasteiger partial charge in [0, 0.05) is 33.9 Å². The summed E-state index contributed by atoms with van der Waals surface area (Å²) in [6.45, 7) is 4.16. The van der Waals surface area contributed by atoms with Crippen molar-refractivity contribution in [2.24, 2.45) is 0 Å². The van der Waals surface area contributed by atoms with Gasteiger partial charge in [0.1, 0.15) is 11.6 Å². The standard InChI is InChI=1S/C28H23FN2O3/c1-16(2)17-9-13-20(14-10-17)31-25(22-15-30-23-6-4-3-5-21(22)23)24(27(33)28(31)34)26(32)18-7-11-19(29)12-8-18/h3-16,25,30,32H,1-2H3/b26-24+. The summed E-state index contributed by atoms with van der Waals surface area (Å²) in [6.07, 6.45) is 1.76. The number of H-pyrrole nitrogens is 1. The summed E-state index contributed by atoms with van der Waals surface area (Å²) in [5.74, 6) is -2.00.